The third-order valence-electron chi connectivity index (χ3n) is 6.07. The van der Waals surface area contributed by atoms with Crippen LogP contribution in [0.2, 0.25) is 0 Å². The molecular weight excluding hydrogens is 602 g/mol. The van der Waals surface area contributed by atoms with Gasteiger partial charge in [0.25, 0.3) is 0 Å². The van der Waals surface area contributed by atoms with Gasteiger partial charge in [-0.2, -0.15) is 0 Å². The molecular formula is C27H35BBrIN2O2. The maximum Gasteiger partial charge on any atom is 0.494 e. The van der Waals surface area contributed by atoms with E-state index in [-0.39, 0.29) is 31.2 Å². The van der Waals surface area contributed by atoms with Crippen LogP contribution in [-0.2, 0) is 14.7 Å². The van der Waals surface area contributed by atoms with Crippen LogP contribution in [0.15, 0.2) is 65.4 Å². The first kappa shape index (κ1) is 28.9. The molecule has 0 unspecified atom stereocenters. The molecule has 2 aromatic heterocycles. The van der Waals surface area contributed by atoms with Gasteiger partial charge in [0, 0.05) is 22.4 Å². The Bertz CT molecular complexity index is 1060. The molecule has 0 bridgehead atoms. The molecule has 1 saturated heterocycles. The van der Waals surface area contributed by atoms with Crippen LogP contribution in [-0.4, -0.2) is 28.3 Å². The molecule has 1 fully saturated rings. The summed E-state index contributed by atoms with van der Waals surface area (Å²) in [5.41, 5.74) is 3.89. The topological polar surface area (TPSA) is 44.2 Å². The molecule has 7 heteroatoms. The number of nitrogens with zero attached hydrogens (tertiary/aromatic N) is 2. The van der Waals surface area contributed by atoms with Crippen molar-refractivity contribution in [3.63, 3.8) is 0 Å². The van der Waals surface area contributed by atoms with E-state index in [0.29, 0.717) is 0 Å². The third-order valence-corrected chi connectivity index (χ3v) is 8.31. The average molecular weight is 637 g/mol. The van der Waals surface area contributed by atoms with Gasteiger partial charge in [0.1, 0.15) is 3.70 Å². The van der Waals surface area contributed by atoms with E-state index in [4.69, 9.17) is 9.31 Å². The van der Waals surface area contributed by atoms with Gasteiger partial charge in [-0.25, -0.2) is 4.98 Å². The van der Waals surface area contributed by atoms with Crippen LogP contribution in [0.4, 0.5) is 0 Å². The van der Waals surface area contributed by atoms with Crippen molar-refractivity contribution < 1.29 is 9.31 Å². The lowest BCUT2D eigenvalue weighted by molar-refractivity contribution is 0.00578. The first-order chi connectivity index (χ1) is 15.3. The van der Waals surface area contributed by atoms with Gasteiger partial charge in [-0.1, -0.05) is 52.5 Å². The normalized spacial score (nSPS) is 16.3. The smallest absolute Gasteiger partial charge is 0.399 e. The van der Waals surface area contributed by atoms with Crippen molar-refractivity contribution in [2.45, 2.75) is 72.5 Å². The lowest BCUT2D eigenvalue weighted by Gasteiger charge is -2.32. The second kappa shape index (κ2) is 11.2. The Labute approximate surface area is 227 Å². The van der Waals surface area contributed by atoms with E-state index >= 15 is 0 Å². The molecule has 3 heterocycles. The van der Waals surface area contributed by atoms with E-state index in [1.165, 1.54) is 5.56 Å². The maximum absolute atomic E-state index is 6.12. The zero-order valence-corrected chi connectivity index (χ0v) is 24.1. The quantitative estimate of drug-likeness (QED) is 0.167. The number of pyridine rings is 2. The van der Waals surface area contributed by atoms with Gasteiger partial charge in [0.2, 0.25) is 0 Å². The highest BCUT2D eigenvalue weighted by Gasteiger charge is 2.51. The lowest BCUT2D eigenvalue weighted by Crippen LogP contribution is -2.41. The summed E-state index contributed by atoms with van der Waals surface area (Å²) < 4.78 is 14.3. The molecule has 4 rings (SSSR count). The van der Waals surface area contributed by atoms with Gasteiger partial charge < -0.3 is 9.31 Å². The van der Waals surface area contributed by atoms with E-state index in [0.717, 1.165) is 24.9 Å². The van der Waals surface area contributed by atoms with Gasteiger partial charge in [-0.3, -0.25) is 4.98 Å². The van der Waals surface area contributed by atoms with Crippen LogP contribution in [0.25, 0.3) is 11.3 Å². The standard InChI is InChI=1S/C21H28BNO2.C5H3BrIN.CH4/c1-19(2,3)16-12-13-23-18(14-16)15-8-10-17(11-9-15)22-24-20(4,5)21(6,7)25-22;6-4-2-1-3-8-5(4)7;/h8-14H,1-7H3;1-3H;1H4. The number of hydrogen-bond acceptors (Lipinski definition) is 4. The molecule has 0 atom stereocenters. The summed E-state index contributed by atoms with van der Waals surface area (Å²) in [7, 11) is -0.326. The minimum absolute atomic E-state index is 0. The zero-order chi connectivity index (χ0) is 24.4. The fraction of sp³-hybridized carbons (Fsp3) is 0.407. The Morgan fingerprint density at radius 3 is 1.94 bits per heavy atom. The number of benzene rings is 1. The molecule has 0 aliphatic carbocycles. The molecule has 0 N–H and O–H groups in total. The van der Waals surface area contributed by atoms with Crippen LogP contribution in [0.3, 0.4) is 0 Å². The highest BCUT2D eigenvalue weighted by atomic mass is 127. The minimum Gasteiger partial charge on any atom is -0.399 e. The van der Waals surface area contributed by atoms with Crippen LogP contribution in [0.1, 0.15) is 61.5 Å². The second-order valence-corrected chi connectivity index (χ2v) is 12.0. The Kier molecular flexibility index (Phi) is 9.53. The highest BCUT2D eigenvalue weighted by Crippen LogP contribution is 2.36. The highest BCUT2D eigenvalue weighted by molar-refractivity contribution is 14.1. The maximum atomic E-state index is 6.12. The van der Waals surface area contributed by atoms with Gasteiger partial charge in [0.15, 0.2) is 0 Å². The molecule has 1 aromatic carbocycles. The Morgan fingerprint density at radius 1 is 0.882 bits per heavy atom. The Balaban J connectivity index is 0.000000386. The van der Waals surface area contributed by atoms with E-state index in [1.807, 2.05) is 18.3 Å². The minimum atomic E-state index is -0.326. The molecule has 34 heavy (non-hydrogen) atoms. The summed E-state index contributed by atoms with van der Waals surface area (Å²) in [4.78, 5) is 8.55. The predicted molar refractivity (Wildman–Crippen MR) is 155 cm³/mol. The first-order valence-corrected chi connectivity index (χ1v) is 12.9. The predicted octanol–water partition coefficient (Wildman–Crippen LogP) is 7.43. The molecule has 182 valence electrons. The Morgan fingerprint density at radius 2 is 1.47 bits per heavy atom. The van der Waals surface area contributed by atoms with Crippen molar-refractivity contribution in [3.8, 4) is 11.3 Å². The van der Waals surface area contributed by atoms with Crippen LogP contribution >= 0.6 is 38.5 Å². The average Bonchev–Trinajstić information content (AvgIpc) is 2.97. The van der Waals surface area contributed by atoms with Crippen LogP contribution in [0, 0.1) is 3.70 Å². The van der Waals surface area contributed by atoms with E-state index in [9.17, 15) is 0 Å². The van der Waals surface area contributed by atoms with Crippen molar-refractivity contribution in [2.75, 3.05) is 0 Å². The SMILES string of the molecule is Brc1cccnc1I.C.CC(C)(C)c1ccnc(-c2ccc(B3OC(C)(C)C(C)(C)O3)cc2)c1. The molecule has 0 spiro atoms. The van der Waals surface area contributed by atoms with Gasteiger partial charge in [0.05, 0.1) is 16.9 Å². The van der Waals surface area contributed by atoms with Gasteiger partial charge >= 0.3 is 7.12 Å². The summed E-state index contributed by atoms with van der Waals surface area (Å²) in [6, 6.07) is 16.4. The number of hydrogen-bond donors (Lipinski definition) is 0. The molecule has 1 aliphatic rings. The number of aromatic nitrogens is 2. The summed E-state index contributed by atoms with van der Waals surface area (Å²) >= 11 is 5.49. The molecule has 3 aromatic rings. The van der Waals surface area contributed by atoms with Crippen molar-refractivity contribution in [1.29, 1.82) is 0 Å². The monoisotopic (exact) mass is 636 g/mol. The van der Waals surface area contributed by atoms with Crippen LogP contribution < -0.4 is 5.46 Å². The van der Waals surface area contributed by atoms with Gasteiger partial charge in [-0.15, -0.1) is 0 Å². The summed E-state index contributed by atoms with van der Waals surface area (Å²) in [5, 5.41) is 0. The first-order valence-electron chi connectivity index (χ1n) is 11.0. The van der Waals surface area contributed by atoms with E-state index in [2.05, 4.69) is 133 Å². The van der Waals surface area contributed by atoms with Crippen molar-refractivity contribution >= 4 is 51.1 Å². The fourth-order valence-corrected chi connectivity index (χ4v) is 3.81. The zero-order valence-electron chi connectivity index (χ0n) is 20.3. The molecule has 0 radical (unpaired) electrons. The summed E-state index contributed by atoms with van der Waals surface area (Å²) in [6.07, 6.45) is 3.66. The number of rotatable bonds is 2. The van der Waals surface area contributed by atoms with E-state index in [1.54, 1.807) is 6.20 Å². The molecule has 4 nitrogen and oxygen atoms in total. The van der Waals surface area contributed by atoms with Crippen LogP contribution in [0.5, 0.6) is 0 Å². The molecule has 0 saturated carbocycles. The second-order valence-electron chi connectivity index (χ2n) is 10.2. The summed E-state index contributed by atoms with van der Waals surface area (Å²) in [6.45, 7) is 14.9. The lowest BCUT2D eigenvalue weighted by atomic mass is 9.78. The van der Waals surface area contributed by atoms with Crippen molar-refractivity contribution in [1.82, 2.24) is 9.97 Å². The van der Waals surface area contributed by atoms with Crippen molar-refractivity contribution in [3.05, 3.63) is 74.7 Å². The fourth-order valence-electron chi connectivity index (χ4n) is 3.21. The molecule has 1 aliphatic heterocycles. The number of halogens is 2. The van der Waals surface area contributed by atoms with Gasteiger partial charge in [-0.05, 0) is 107 Å². The Hall–Kier alpha value is -1.29. The van der Waals surface area contributed by atoms with E-state index < -0.39 is 0 Å². The largest absolute Gasteiger partial charge is 0.494 e. The summed E-state index contributed by atoms with van der Waals surface area (Å²) in [5.74, 6) is 0. The molecule has 0 amide bonds. The third kappa shape index (κ3) is 6.90. The van der Waals surface area contributed by atoms with Crippen molar-refractivity contribution in [2.24, 2.45) is 0 Å².